The van der Waals surface area contributed by atoms with Crippen LogP contribution in [0.2, 0.25) is 5.15 Å². The van der Waals surface area contributed by atoms with E-state index < -0.39 is 0 Å². The maximum Gasteiger partial charge on any atom is 0.140 e. The van der Waals surface area contributed by atoms with Gasteiger partial charge >= 0.3 is 0 Å². The van der Waals surface area contributed by atoms with Gasteiger partial charge in [-0.15, -0.1) is 0 Å². The average Bonchev–Trinajstić information content (AvgIpc) is 2.84. The van der Waals surface area contributed by atoms with Gasteiger partial charge in [0, 0.05) is 24.7 Å². The zero-order chi connectivity index (χ0) is 21.9. The number of benzene rings is 3. The lowest BCUT2D eigenvalue weighted by atomic mass is 9.87. The molecule has 1 fully saturated rings. The quantitative estimate of drug-likeness (QED) is 0.304. The number of fused-ring (bicyclic) bond motifs is 1. The zero-order valence-corrected chi connectivity index (χ0v) is 18.3. The number of rotatable bonds is 5. The largest absolute Gasteiger partial charge is 0.488 e. The van der Waals surface area contributed by atoms with Gasteiger partial charge in [0.1, 0.15) is 23.3 Å². The van der Waals surface area contributed by atoms with Gasteiger partial charge in [0.25, 0.3) is 0 Å². The van der Waals surface area contributed by atoms with Crippen LogP contribution in [0.1, 0.15) is 30.0 Å². The van der Waals surface area contributed by atoms with Gasteiger partial charge in [-0.2, -0.15) is 0 Å². The molecule has 0 radical (unpaired) electrons. The molecule has 0 saturated carbocycles. The number of hydrogen-bond acceptors (Lipinski definition) is 3. The molecule has 1 aliphatic rings. The molecule has 3 aromatic carbocycles. The highest BCUT2D eigenvalue weighted by Gasteiger charge is 2.25. The number of ether oxygens (including phenoxy) is 2. The minimum Gasteiger partial charge on any atom is -0.488 e. The van der Waals surface area contributed by atoms with Gasteiger partial charge in [-0.05, 0) is 47.6 Å². The summed E-state index contributed by atoms with van der Waals surface area (Å²) in [5.74, 6) is 0.657. The summed E-state index contributed by atoms with van der Waals surface area (Å²) < 4.78 is 25.4. The Labute approximate surface area is 191 Å². The molecule has 5 rings (SSSR count). The minimum absolute atomic E-state index is 0.236. The zero-order valence-electron chi connectivity index (χ0n) is 17.6. The molecule has 0 bridgehead atoms. The summed E-state index contributed by atoms with van der Waals surface area (Å²) in [5, 5.41) is 2.17. The smallest absolute Gasteiger partial charge is 0.140 e. The van der Waals surface area contributed by atoms with Crippen LogP contribution in [-0.2, 0) is 11.3 Å². The number of hydrogen-bond donors (Lipinski definition) is 0. The highest BCUT2D eigenvalue weighted by molar-refractivity contribution is 6.35. The van der Waals surface area contributed by atoms with Crippen LogP contribution in [0, 0.1) is 5.82 Å². The Bertz CT molecular complexity index is 1220. The third kappa shape index (κ3) is 4.21. The molecule has 1 aromatic heterocycles. The Morgan fingerprint density at radius 1 is 0.938 bits per heavy atom. The maximum absolute atomic E-state index is 13.7. The Balaban J connectivity index is 1.66. The normalized spacial score (nSPS) is 14.6. The fraction of sp³-hybridized carbons (Fsp3) is 0.222. The standard InChI is InChI=1S/C27H23ClFNO2/c28-27-25-22(7-4-8-23(25)32-17-18-5-2-1-3-6-18)24(19-9-11-21(29)12-10-19)26(30-27)20-13-15-31-16-14-20/h1-12,20H,13-17H2. The van der Waals surface area contributed by atoms with Gasteiger partial charge in [0.15, 0.2) is 0 Å². The number of pyridine rings is 1. The van der Waals surface area contributed by atoms with Crippen LogP contribution in [0.15, 0.2) is 72.8 Å². The summed E-state index contributed by atoms with van der Waals surface area (Å²) in [6.07, 6.45) is 1.76. The van der Waals surface area contributed by atoms with E-state index in [-0.39, 0.29) is 11.7 Å². The van der Waals surface area contributed by atoms with Crippen LogP contribution in [0.5, 0.6) is 5.75 Å². The molecule has 32 heavy (non-hydrogen) atoms. The van der Waals surface area contributed by atoms with Gasteiger partial charge in [0.2, 0.25) is 0 Å². The third-order valence-electron chi connectivity index (χ3n) is 5.95. The maximum atomic E-state index is 13.7. The molecule has 0 spiro atoms. The molecule has 3 nitrogen and oxygen atoms in total. The van der Waals surface area contributed by atoms with Gasteiger partial charge in [-0.25, -0.2) is 9.37 Å². The Morgan fingerprint density at radius 3 is 2.44 bits per heavy atom. The van der Waals surface area contributed by atoms with E-state index in [0.29, 0.717) is 30.7 Å². The fourth-order valence-electron chi connectivity index (χ4n) is 4.35. The van der Waals surface area contributed by atoms with E-state index in [9.17, 15) is 4.39 Å². The van der Waals surface area contributed by atoms with Crippen molar-refractivity contribution in [1.82, 2.24) is 4.98 Å². The molecule has 0 N–H and O–H groups in total. The number of halogens is 2. The van der Waals surface area contributed by atoms with Crippen molar-refractivity contribution in [2.75, 3.05) is 13.2 Å². The van der Waals surface area contributed by atoms with Crippen LogP contribution < -0.4 is 4.74 Å². The van der Waals surface area contributed by atoms with Crippen molar-refractivity contribution in [3.05, 3.63) is 95.0 Å². The Kier molecular flexibility index (Phi) is 6.06. The van der Waals surface area contributed by atoms with Gasteiger partial charge in [0.05, 0.1) is 11.1 Å². The van der Waals surface area contributed by atoms with Crippen molar-refractivity contribution < 1.29 is 13.9 Å². The van der Waals surface area contributed by atoms with E-state index in [0.717, 1.165) is 46.0 Å². The highest BCUT2D eigenvalue weighted by atomic mass is 35.5. The molecular weight excluding hydrogens is 425 g/mol. The summed E-state index contributed by atoms with van der Waals surface area (Å²) in [6, 6.07) is 22.5. The second-order valence-corrected chi connectivity index (χ2v) is 8.37. The Hall–Kier alpha value is -2.95. The first-order valence-electron chi connectivity index (χ1n) is 10.8. The van der Waals surface area contributed by atoms with E-state index in [2.05, 4.69) is 0 Å². The molecule has 0 amide bonds. The molecule has 162 valence electrons. The fourth-order valence-corrected chi connectivity index (χ4v) is 4.64. The molecule has 0 unspecified atom stereocenters. The number of nitrogens with zero attached hydrogens (tertiary/aromatic N) is 1. The lowest BCUT2D eigenvalue weighted by molar-refractivity contribution is 0.0846. The summed E-state index contributed by atoms with van der Waals surface area (Å²) in [7, 11) is 0. The second-order valence-electron chi connectivity index (χ2n) is 8.01. The Morgan fingerprint density at radius 2 is 1.69 bits per heavy atom. The van der Waals surface area contributed by atoms with Crippen LogP contribution in [0.4, 0.5) is 4.39 Å². The molecule has 1 aliphatic heterocycles. The highest BCUT2D eigenvalue weighted by Crippen LogP contribution is 2.43. The van der Waals surface area contributed by atoms with E-state index in [1.807, 2.05) is 48.5 Å². The van der Waals surface area contributed by atoms with Crippen molar-refractivity contribution in [2.24, 2.45) is 0 Å². The van der Waals surface area contributed by atoms with Crippen molar-refractivity contribution in [3.63, 3.8) is 0 Å². The minimum atomic E-state index is -0.264. The molecule has 0 aliphatic carbocycles. The summed E-state index contributed by atoms with van der Waals surface area (Å²) in [4.78, 5) is 4.88. The predicted molar refractivity (Wildman–Crippen MR) is 126 cm³/mol. The van der Waals surface area contributed by atoms with E-state index in [1.165, 1.54) is 12.1 Å². The topological polar surface area (TPSA) is 31.4 Å². The second kappa shape index (κ2) is 9.27. The summed E-state index contributed by atoms with van der Waals surface area (Å²) in [5.41, 5.74) is 3.92. The van der Waals surface area contributed by atoms with Crippen LogP contribution >= 0.6 is 11.6 Å². The van der Waals surface area contributed by atoms with Gasteiger partial charge < -0.3 is 9.47 Å². The summed E-state index contributed by atoms with van der Waals surface area (Å²) >= 11 is 6.77. The van der Waals surface area contributed by atoms with Gasteiger partial charge in [-0.3, -0.25) is 0 Å². The lowest BCUT2D eigenvalue weighted by Crippen LogP contribution is -2.16. The van der Waals surface area contributed by atoms with Crippen molar-refractivity contribution in [3.8, 4) is 16.9 Å². The van der Waals surface area contributed by atoms with Crippen molar-refractivity contribution in [2.45, 2.75) is 25.4 Å². The predicted octanol–water partition coefficient (Wildman–Crippen LogP) is 7.17. The van der Waals surface area contributed by atoms with Gasteiger partial charge in [-0.1, -0.05) is 66.2 Å². The van der Waals surface area contributed by atoms with Crippen LogP contribution in [0.3, 0.4) is 0 Å². The van der Waals surface area contributed by atoms with Crippen LogP contribution in [-0.4, -0.2) is 18.2 Å². The molecular formula is C27H23ClFNO2. The third-order valence-corrected chi connectivity index (χ3v) is 6.23. The first kappa shape index (κ1) is 20.9. The molecule has 2 heterocycles. The van der Waals surface area contributed by atoms with E-state index in [1.54, 1.807) is 12.1 Å². The monoisotopic (exact) mass is 447 g/mol. The van der Waals surface area contributed by atoms with E-state index in [4.69, 9.17) is 26.1 Å². The van der Waals surface area contributed by atoms with E-state index >= 15 is 0 Å². The number of aromatic nitrogens is 1. The average molecular weight is 448 g/mol. The van der Waals surface area contributed by atoms with Crippen molar-refractivity contribution >= 4 is 22.4 Å². The first-order valence-corrected chi connectivity index (χ1v) is 11.2. The summed E-state index contributed by atoms with van der Waals surface area (Å²) in [6.45, 7) is 1.83. The molecule has 5 heteroatoms. The SMILES string of the molecule is Fc1ccc(-c2c(C3CCOCC3)nc(Cl)c3c(OCc4ccccc4)cccc23)cc1. The van der Waals surface area contributed by atoms with Crippen LogP contribution in [0.25, 0.3) is 21.9 Å². The van der Waals surface area contributed by atoms with Crippen molar-refractivity contribution in [1.29, 1.82) is 0 Å². The molecule has 4 aromatic rings. The first-order chi connectivity index (χ1) is 15.7. The lowest BCUT2D eigenvalue weighted by Gasteiger charge is -2.25. The molecule has 0 atom stereocenters. The molecule has 1 saturated heterocycles.